The molecular weight excluding hydrogens is 314 g/mol. The molecule has 0 aromatic heterocycles. The van der Waals surface area contributed by atoms with E-state index in [9.17, 15) is 26.9 Å². The molecule has 0 amide bonds. The van der Waals surface area contributed by atoms with Crippen molar-refractivity contribution in [3.05, 3.63) is 27.8 Å². The van der Waals surface area contributed by atoms with Crippen molar-refractivity contribution in [2.75, 3.05) is 14.2 Å². The third kappa shape index (κ3) is 2.80. The largest absolute Gasteiger partial charge is 0.303 e. The van der Waals surface area contributed by atoms with E-state index in [1.807, 2.05) is 0 Å². The second-order valence-corrected chi connectivity index (χ2v) is 6.87. The predicted octanol–water partition coefficient (Wildman–Crippen LogP) is 0.573. The maximum atomic E-state index is 11.8. The van der Waals surface area contributed by atoms with Gasteiger partial charge in [-0.15, -0.1) is 0 Å². The molecule has 0 heterocycles. The highest BCUT2D eigenvalue weighted by molar-refractivity contribution is 7.87. The molecular formula is C9H11NO8S2. The summed E-state index contributed by atoms with van der Waals surface area (Å²) in [5.41, 5.74) is -1.12. The number of nitro benzene ring substituents is 1. The van der Waals surface area contributed by atoms with Crippen molar-refractivity contribution in [2.45, 2.75) is 16.7 Å². The van der Waals surface area contributed by atoms with Gasteiger partial charge in [0.2, 0.25) is 0 Å². The highest BCUT2D eigenvalue weighted by atomic mass is 32.2. The maximum absolute atomic E-state index is 11.8. The van der Waals surface area contributed by atoms with Crippen LogP contribution in [-0.2, 0) is 28.6 Å². The topological polar surface area (TPSA) is 130 Å². The molecule has 0 aliphatic rings. The van der Waals surface area contributed by atoms with Gasteiger partial charge in [0.15, 0.2) is 4.90 Å². The molecule has 112 valence electrons. The molecule has 0 aliphatic heterocycles. The Bertz CT molecular complexity index is 750. The minimum atomic E-state index is -4.46. The Labute approximate surface area is 115 Å². The lowest BCUT2D eigenvalue weighted by Crippen LogP contribution is -2.13. The Balaban J connectivity index is 3.88. The van der Waals surface area contributed by atoms with E-state index >= 15 is 0 Å². The van der Waals surface area contributed by atoms with E-state index in [2.05, 4.69) is 8.37 Å². The first-order valence-electron chi connectivity index (χ1n) is 4.97. The molecule has 0 fully saturated rings. The van der Waals surface area contributed by atoms with Gasteiger partial charge in [-0.1, -0.05) is 0 Å². The van der Waals surface area contributed by atoms with Crippen LogP contribution >= 0.6 is 0 Å². The number of hydrogen-bond acceptors (Lipinski definition) is 8. The maximum Gasteiger partial charge on any atom is 0.303 e. The van der Waals surface area contributed by atoms with Crippen LogP contribution in [0.4, 0.5) is 5.69 Å². The molecule has 0 radical (unpaired) electrons. The first-order chi connectivity index (χ1) is 9.08. The quantitative estimate of drug-likeness (QED) is 0.436. The van der Waals surface area contributed by atoms with Crippen molar-refractivity contribution in [3.63, 3.8) is 0 Å². The zero-order valence-corrected chi connectivity index (χ0v) is 12.3. The first kappa shape index (κ1) is 16.5. The lowest BCUT2D eigenvalue weighted by Gasteiger charge is -2.10. The highest BCUT2D eigenvalue weighted by Gasteiger charge is 2.32. The van der Waals surface area contributed by atoms with E-state index in [0.29, 0.717) is 0 Å². The normalized spacial score (nSPS) is 12.3. The van der Waals surface area contributed by atoms with Crippen LogP contribution in [0.15, 0.2) is 21.9 Å². The average Bonchev–Trinajstić information content (AvgIpc) is 2.37. The van der Waals surface area contributed by atoms with Crippen molar-refractivity contribution >= 4 is 25.9 Å². The van der Waals surface area contributed by atoms with E-state index < -0.39 is 40.6 Å². The molecule has 11 heteroatoms. The molecule has 0 N–H and O–H groups in total. The summed E-state index contributed by atoms with van der Waals surface area (Å²) in [6, 6.07) is 1.67. The van der Waals surface area contributed by atoms with Gasteiger partial charge in [0.25, 0.3) is 15.8 Å². The van der Waals surface area contributed by atoms with Gasteiger partial charge in [0, 0.05) is 6.07 Å². The van der Waals surface area contributed by atoms with Crippen molar-refractivity contribution in [1.82, 2.24) is 0 Å². The molecule has 1 rings (SSSR count). The Morgan fingerprint density at radius 2 is 1.55 bits per heavy atom. The van der Waals surface area contributed by atoms with Gasteiger partial charge in [-0.05, 0) is 18.6 Å². The van der Waals surface area contributed by atoms with Crippen LogP contribution in [-0.4, -0.2) is 36.0 Å². The summed E-state index contributed by atoms with van der Waals surface area (Å²) in [7, 11) is -6.96. The summed E-state index contributed by atoms with van der Waals surface area (Å²) in [4.78, 5) is 8.63. The number of nitrogens with zero attached hydrogens (tertiary/aromatic N) is 1. The van der Waals surface area contributed by atoms with Gasteiger partial charge < -0.3 is 0 Å². The lowest BCUT2D eigenvalue weighted by molar-refractivity contribution is -0.388. The molecule has 9 nitrogen and oxygen atoms in total. The van der Waals surface area contributed by atoms with Crippen LogP contribution in [0.3, 0.4) is 0 Å². The number of benzene rings is 1. The van der Waals surface area contributed by atoms with Gasteiger partial charge in [-0.3, -0.25) is 18.5 Å². The van der Waals surface area contributed by atoms with Crippen LogP contribution in [0, 0.1) is 17.0 Å². The molecule has 0 atom stereocenters. The van der Waals surface area contributed by atoms with Crippen LogP contribution < -0.4 is 0 Å². The third-order valence-electron chi connectivity index (χ3n) is 2.49. The van der Waals surface area contributed by atoms with Crippen molar-refractivity contribution in [1.29, 1.82) is 0 Å². The zero-order chi connectivity index (χ0) is 15.7. The molecule has 0 aliphatic carbocycles. The Hall–Kier alpha value is -1.56. The fourth-order valence-electron chi connectivity index (χ4n) is 1.56. The minimum absolute atomic E-state index is 0.345. The standard InChI is InChI=1S/C9H11NO8S2/c1-6-8(19(13,14)17-2)5-4-7(10(11)12)9(6)20(15,16)18-3/h4-5H,1-3H3. The van der Waals surface area contributed by atoms with Gasteiger partial charge in [0.1, 0.15) is 0 Å². The summed E-state index contributed by atoms with van der Waals surface area (Å²) >= 11 is 0. The smallest absolute Gasteiger partial charge is 0.270 e. The molecule has 0 bridgehead atoms. The summed E-state index contributed by atoms with van der Waals surface area (Å²) in [6.45, 7) is 1.12. The first-order valence-corrected chi connectivity index (χ1v) is 7.79. The molecule has 0 saturated carbocycles. The van der Waals surface area contributed by atoms with Crippen molar-refractivity contribution in [3.8, 4) is 0 Å². The summed E-state index contributed by atoms with van der Waals surface area (Å²) in [5.74, 6) is 0. The molecule has 0 spiro atoms. The molecule has 1 aromatic carbocycles. The Morgan fingerprint density at radius 3 is 1.95 bits per heavy atom. The lowest BCUT2D eigenvalue weighted by atomic mass is 10.2. The van der Waals surface area contributed by atoms with E-state index in [-0.39, 0.29) is 5.56 Å². The highest BCUT2D eigenvalue weighted by Crippen LogP contribution is 2.33. The third-order valence-corrected chi connectivity index (χ3v) is 5.36. The number of rotatable bonds is 5. The van der Waals surface area contributed by atoms with E-state index in [0.717, 1.165) is 33.3 Å². The molecule has 20 heavy (non-hydrogen) atoms. The monoisotopic (exact) mass is 325 g/mol. The van der Waals surface area contributed by atoms with Gasteiger partial charge >= 0.3 is 10.1 Å². The van der Waals surface area contributed by atoms with Crippen LogP contribution in [0.5, 0.6) is 0 Å². The minimum Gasteiger partial charge on any atom is -0.270 e. The van der Waals surface area contributed by atoms with Gasteiger partial charge in [0.05, 0.1) is 24.0 Å². The Kier molecular flexibility index (Phi) is 4.49. The SMILES string of the molecule is COS(=O)(=O)c1ccc([N+](=O)[O-])c(S(=O)(=O)OC)c1C. The van der Waals surface area contributed by atoms with Crippen LogP contribution in [0.25, 0.3) is 0 Å². The van der Waals surface area contributed by atoms with Gasteiger partial charge in [-0.2, -0.15) is 16.8 Å². The second-order valence-electron chi connectivity index (χ2n) is 3.54. The molecule has 1 aromatic rings. The fourth-order valence-corrected chi connectivity index (χ4v) is 3.57. The van der Waals surface area contributed by atoms with Crippen molar-refractivity contribution < 1.29 is 30.1 Å². The predicted molar refractivity (Wildman–Crippen MR) is 66.2 cm³/mol. The van der Waals surface area contributed by atoms with E-state index in [1.165, 1.54) is 0 Å². The van der Waals surface area contributed by atoms with E-state index in [4.69, 9.17) is 0 Å². The molecule has 0 unspecified atom stereocenters. The Morgan fingerprint density at radius 1 is 1.05 bits per heavy atom. The van der Waals surface area contributed by atoms with Crippen LogP contribution in [0.1, 0.15) is 5.56 Å². The van der Waals surface area contributed by atoms with Crippen molar-refractivity contribution in [2.24, 2.45) is 0 Å². The number of nitro groups is 1. The molecule has 0 saturated heterocycles. The number of hydrogen-bond donors (Lipinski definition) is 0. The van der Waals surface area contributed by atoms with Crippen LogP contribution in [0.2, 0.25) is 0 Å². The summed E-state index contributed by atoms with van der Waals surface area (Å²) in [5, 5.41) is 10.9. The van der Waals surface area contributed by atoms with E-state index in [1.54, 1.807) is 0 Å². The summed E-state index contributed by atoms with van der Waals surface area (Å²) < 4.78 is 55.3. The zero-order valence-electron chi connectivity index (χ0n) is 10.7. The second kappa shape index (κ2) is 5.44. The summed E-state index contributed by atoms with van der Waals surface area (Å²) in [6.07, 6.45) is 0. The van der Waals surface area contributed by atoms with Gasteiger partial charge in [-0.25, -0.2) is 0 Å². The average molecular weight is 325 g/mol. The fraction of sp³-hybridized carbons (Fsp3) is 0.333.